The number of thiophene rings is 1. The van der Waals surface area contributed by atoms with Crippen molar-refractivity contribution in [3.63, 3.8) is 0 Å². The van der Waals surface area contributed by atoms with Gasteiger partial charge < -0.3 is 4.42 Å². The molecule has 0 saturated carbocycles. The van der Waals surface area contributed by atoms with Gasteiger partial charge in [0.1, 0.15) is 5.65 Å². The number of aryl methyl sites for hydroxylation is 2. The molecule has 8 heteroatoms. The molecule has 4 aromatic rings. The first-order chi connectivity index (χ1) is 14.1. The molecule has 0 saturated heterocycles. The predicted molar refractivity (Wildman–Crippen MR) is 115 cm³/mol. The quantitative estimate of drug-likeness (QED) is 0.448. The van der Waals surface area contributed by atoms with Crippen molar-refractivity contribution in [2.24, 2.45) is 5.92 Å². The molecule has 0 aliphatic heterocycles. The van der Waals surface area contributed by atoms with Crippen molar-refractivity contribution in [3.05, 3.63) is 62.5 Å². The number of nitrogens with zero attached hydrogens (tertiary/aromatic N) is 4. The second-order valence-corrected chi connectivity index (χ2v) is 9.58. The summed E-state index contributed by atoms with van der Waals surface area (Å²) < 4.78 is 7.48. The molecule has 6 nitrogen and oxygen atoms in total. The summed E-state index contributed by atoms with van der Waals surface area (Å²) in [5.41, 5.74) is 3.57. The average molecular weight is 425 g/mol. The molecule has 5 rings (SSSR count). The fourth-order valence-electron chi connectivity index (χ4n) is 3.75. The lowest BCUT2D eigenvalue weighted by atomic mass is 9.90. The van der Waals surface area contributed by atoms with Crippen LogP contribution < -0.4 is 5.56 Å². The fraction of sp³-hybridized carbons (Fsp3) is 0.333. The van der Waals surface area contributed by atoms with Crippen LogP contribution in [0, 0.1) is 12.8 Å². The Bertz CT molecular complexity index is 1260. The van der Waals surface area contributed by atoms with Gasteiger partial charge >= 0.3 is 0 Å². The van der Waals surface area contributed by atoms with E-state index in [1.807, 2.05) is 25.1 Å². The Morgan fingerprint density at radius 3 is 3.10 bits per heavy atom. The number of thioether (sulfide) groups is 1. The van der Waals surface area contributed by atoms with Crippen LogP contribution in [0.2, 0.25) is 0 Å². The lowest BCUT2D eigenvalue weighted by Gasteiger charge is -2.16. The Morgan fingerprint density at radius 1 is 1.31 bits per heavy atom. The molecule has 4 aromatic heterocycles. The van der Waals surface area contributed by atoms with Crippen molar-refractivity contribution < 1.29 is 4.42 Å². The average Bonchev–Trinajstić information content (AvgIpc) is 3.32. The summed E-state index contributed by atoms with van der Waals surface area (Å²) in [4.78, 5) is 19.5. The van der Waals surface area contributed by atoms with Crippen LogP contribution in [-0.2, 0) is 18.6 Å². The van der Waals surface area contributed by atoms with Gasteiger partial charge in [-0.25, -0.2) is 4.98 Å². The molecule has 1 aliphatic rings. The molecule has 29 heavy (non-hydrogen) atoms. The van der Waals surface area contributed by atoms with Gasteiger partial charge in [0.25, 0.3) is 16.7 Å². The van der Waals surface area contributed by atoms with E-state index in [1.54, 1.807) is 21.8 Å². The van der Waals surface area contributed by atoms with Gasteiger partial charge in [-0.2, -0.15) is 0 Å². The lowest BCUT2D eigenvalue weighted by molar-refractivity contribution is 0.466. The molecule has 1 atom stereocenters. The van der Waals surface area contributed by atoms with Crippen LogP contribution in [0.1, 0.15) is 35.2 Å². The van der Waals surface area contributed by atoms with Gasteiger partial charge in [-0.05, 0) is 55.9 Å². The van der Waals surface area contributed by atoms with E-state index < -0.39 is 0 Å². The Hall–Kier alpha value is -2.45. The van der Waals surface area contributed by atoms with E-state index in [9.17, 15) is 4.79 Å². The molecule has 4 heterocycles. The van der Waals surface area contributed by atoms with E-state index >= 15 is 0 Å². The van der Waals surface area contributed by atoms with E-state index in [0.29, 0.717) is 28.2 Å². The zero-order valence-corrected chi connectivity index (χ0v) is 17.8. The number of fused-ring (bicyclic) bond motifs is 2. The second kappa shape index (κ2) is 7.42. The van der Waals surface area contributed by atoms with E-state index in [1.165, 1.54) is 28.6 Å². The van der Waals surface area contributed by atoms with Crippen molar-refractivity contribution in [3.8, 4) is 10.8 Å². The number of rotatable bonds is 4. The topological polar surface area (TPSA) is 73.3 Å². The highest BCUT2D eigenvalue weighted by Crippen LogP contribution is 2.37. The Kier molecular flexibility index (Phi) is 4.75. The van der Waals surface area contributed by atoms with E-state index in [4.69, 9.17) is 4.42 Å². The molecule has 0 fully saturated rings. The van der Waals surface area contributed by atoms with E-state index in [0.717, 1.165) is 29.3 Å². The van der Waals surface area contributed by atoms with Crippen molar-refractivity contribution >= 4 is 28.7 Å². The summed E-state index contributed by atoms with van der Waals surface area (Å²) in [5, 5.41) is 8.89. The summed E-state index contributed by atoms with van der Waals surface area (Å²) in [7, 11) is 0. The molecular weight excluding hydrogens is 404 g/mol. The monoisotopic (exact) mass is 424 g/mol. The molecule has 0 N–H and O–H groups in total. The van der Waals surface area contributed by atoms with E-state index in [-0.39, 0.29) is 5.56 Å². The molecule has 0 spiro atoms. The molecule has 1 unspecified atom stereocenters. The number of pyridine rings is 1. The molecule has 0 bridgehead atoms. The first-order valence-electron chi connectivity index (χ1n) is 9.63. The summed E-state index contributed by atoms with van der Waals surface area (Å²) in [6.45, 7) is 4.20. The molecule has 0 aromatic carbocycles. The normalized spacial score (nSPS) is 16.3. The molecule has 0 radical (unpaired) electrons. The molecular formula is C21H20N4O2S2. The minimum atomic E-state index is -0.0756. The minimum absolute atomic E-state index is 0.0756. The fourth-order valence-corrected chi connectivity index (χ4v) is 5.54. The predicted octanol–water partition coefficient (Wildman–Crippen LogP) is 4.53. The lowest BCUT2D eigenvalue weighted by Crippen LogP contribution is -2.17. The van der Waals surface area contributed by atoms with Crippen LogP contribution >= 0.6 is 23.1 Å². The van der Waals surface area contributed by atoms with Crippen LogP contribution in [0.4, 0.5) is 0 Å². The largest absolute Gasteiger partial charge is 0.410 e. The van der Waals surface area contributed by atoms with Gasteiger partial charge in [0, 0.05) is 22.4 Å². The number of hydrogen-bond acceptors (Lipinski definition) is 7. The summed E-state index contributed by atoms with van der Waals surface area (Å²) >= 11 is 3.16. The zero-order valence-electron chi connectivity index (χ0n) is 16.2. The highest BCUT2D eigenvalue weighted by Gasteiger charge is 2.21. The van der Waals surface area contributed by atoms with Crippen LogP contribution in [-0.4, -0.2) is 19.6 Å². The Balaban J connectivity index is 1.34. The summed E-state index contributed by atoms with van der Waals surface area (Å²) in [5.74, 6) is 1.81. The van der Waals surface area contributed by atoms with Gasteiger partial charge in [-0.1, -0.05) is 24.8 Å². The van der Waals surface area contributed by atoms with E-state index in [2.05, 4.69) is 28.2 Å². The number of hydrogen-bond donors (Lipinski definition) is 0. The number of aromatic nitrogens is 4. The van der Waals surface area contributed by atoms with Crippen LogP contribution in [0.3, 0.4) is 0 Å². The maximum Gasteiger partial charge on any atom is 0.277 e. The minimum Gasteiger partial charge on any atom is -0.410 e. The van der Waals surface area contributed by atoms with Gasteiger partial charge in [0.15, 0.2) is 0 Å². The van der Waals surface area contributed by atoms with Gasteiger partial charge in [0.05, 0.1) is 10.6 Å². The Morgan fingerprint density at radius 2 is 2.21 bits per heavy atom. The van der Waals surface area contributed by atoms with Gasteiger partial charge in [-0.15, -0.1) is 21.5 Å². The van der Waals surface area contributed by atoms with Crippen molar-refractivity contribution in [1.82, 2.24) is 19.6 Å². The van der Waals surface area contributed by atoms with Crippen molar-refractivity contribution in [2.75, 3.05) is 0 Å². The Labute approximate surface area is 176 Å². The first kappa shape index (κ1) is 18.6. The smallest absolute Gasteiger partial charge is 0.277 e. The van der Waals surface area contributed by atoms with Gasteiger partial charge in [0.2, 0.25) is 0 Å². The third kappa shape index (κ3) is 3.62. The van der Waals surface area contributed by atoms with Crippen LogP contribution in [0.5, 0.6) is 0 Å². The van der Waals surface area contributed by atoms with Crippen molar-refractivity contribution in [1.29, 1.82) is 0 Å². The zero-order chi connectivity index (χ0) is 20.0. The molecule has 0 amide bonds. The van der Waals surface area contributed by atoms with Gasteiger partial charge in [-0.3, -0.25) is 9.20 Å². The summed E-state index contributed by atoms with van der Waals surface area (Å²) in [6.07, 6.45) is 3.51. The standard InChI is InChI=1S/C21H20N4O2S2/c1-12-6-7-16-14(8-12)9-17(29-16)20-23-24-21(27-20)28-11-15-10-19(26)25-13(2)4-3-5-18(25)22-15/h3-5,9-10,12H,6-8,11H2,1-2H3. The van der Waals surface area contributed by atoms with Crippen LogP contribution in [0.15, 0.2) is 44.8 Å². The highest BCUT2D eigenvalue weighted by atomic mass is 32.2. The second-order valence-electron chi connectivity index (χ2n) is 7.52. The van der Waals surface area contributed by atoms with Crippen LogP contribution in [0.25, 0.3) is 16.4 Å². The maximum absolute atomic E-state index is 12.4. The van der Waals surface area contributed by atoms with Crippen molar-refractivity contribution in [2.45, 2.75) is 44.1 Å². The molecule has 1 aliphatic carbocycles. The summed E-state index contributed by atoms with van der Waals surface area (Å²) in [6, 6.07) is 9.41. The third-order valence-electron chi connectivity index (χ3n) is 5.22. The SMILES string of the molecule is Cc1cccc2nc(CSc3nnc(-c4cc5c(s4)CCC(C)C5)o3)cc(=O)n12. The highest BCUT2D eigenvalue weighted by molar-refractivity contribution is 7.98. The maximum atomic E-state index is 12.4. The molecule has 148 valence electrons. The third-order valence-corrected chi connectivity index (χ3v) is 7.30. The first-order valence-corrected chi connectivity index (χ1v) is 11.4.